The molecule has 14 heteroatoms. The summed E-state index contributed by atoms with van der Waals surface area (Å²) in [7, 11) is -5.11. The van der Waals surface area contributed by atoms with Crippen molar-refractivity contribution in [2.24, 2.45) is 0 Å². The van der Waals surface area contributed by atoms with Gasteiger partial charge in [0.05, 0.1) is 31.3 Å². The summed E-state index contributed by atoms with van der Waals surface area (Å²) in [6, 6.07) is -1.15. The number of hydrogen-bond donors (Lipinski definition) is 9. The Labute approximate surface area is 339 Å². The first-order valence-corrected chi connectivity index (χ1v) is 24.1. The first-order valence-electron chi connectivity index (χ1n) is 22.6. The fraction of sp³-hybridized carbons (Fsp3) is 0.976. The molecule has 0 aromatic heterocycles. The van der Waals surface area contributed by atoms with E-state index >= 15 is 0 Å². The standard InChI is InChI=1S/C42H84NO12P/c1-3-5-7-9-11-13-14-15-16-17-18-19-20-22-24-26-28-30-35(45)34(43-36(46)31-33(44)29-27-25-23-21-12-10-8-6-4-2)32-54-56(52,53)55-42-40(50)38(48)37(47)39(49)41(42)51/h33-35,37-42,44-45,47-51H,3-32H2,1-2H3,(H,43,46)(H,52,53). The predicted octanol–water partition coefficient (Wildman–Crippen LogP) is 6.87. The maximum absolute atomic E-state index is 12.9. The van der Waals surface area contributed by atoms with Crippen LogP contribution < -0.4 is 5.32 Å². The maximum Gasteiger partial charge on any atom is 0.472 e. The normalized spacial score (nSPS) is 24.1. The minimum atomic E-state index is -5.11. The molecule has 0 aliphatic heterocycles. The van der Waals surface area contributed by atoms with Crippen LogP contribution in [0.3, 0.4) is 0 Å². The summed E-state index contributed by atoms with van der Waals surface area (Å²) < 4.78 is 22.9. The summed E-state index contributed by atoms with van der Waals surface area (Å²) in [6.45, 7) is 3.76. The van der Waals surface area contributed by atoms with Crippen molar-refractivity contribution >= 4 is 13.7 Å². The van der Waals surface area contributed by atoms with E-state index in [2.05, 4.69) is 19.2 Å². The van der Waals surface area contributed by atoms with Crippen molar-refractivity contribution < 1.29 is 59.0 Å². The summed E-state index contributed by atoms with van der Waals surface area (Å²) in [4.78, 5) is 23.4. The van der Waals surface area contributed by atoms with Crippen molar-refractivity contribution in [3.05, 3.63) is 0 Å². The van der Waals surface area contributed by atoms with Gasteiger partial charge in [0.25, 0.3) is 0 Å². The van der Waals surface area contributed by atoms with Crippen molar-refractivity contribution in [3.8, 4) is 0 Å². The van der Waals surface area contributed by atoms with Crippen LogP contribution in [0.2, 0.25) is 0 Å². The third-order valence-corrected chi connectivity index (χ3v) is 12.2. The molecule has 1 fully saturated rings. The summed E-state index contributed by atoms with van der Waals surface area (Å²) >= 11 is 0. The molecule has 0 heterocycles. The van der Waals surface area contributed by atoms with E-state index in [0.717, 1.165) is 51.4 Å². The predicted molar refractivity (Wildman–Crippen MR) is 220 cm³/mol. The monoisotopic (exact) mass is 826 g/mol. The summed E-state index contributed by atoms with van der Waals surface area (Å²) in [6.07, 6.45) is 17.4. The second-order valence-corrected chi connectivity index (χ2v) is 17.9. The van der Waals surface area contributed by atoms with E-state index in [9.17, 15) is 50.0 Å². The SMILES string of the molecule is CCCCCCCCCCCCCCCCCCCC(O)C(COP(=O)(O)OC1C(O)C(O)C(O)C(O)C1O)NC(=O)CC(O)CCCCCCCCCCC. The Kier molecular flexibility index (Phi) is 31.5. The highest BCUT2D eigenvalue weighted by Gasteiger charge is 2.51. The number of unbranched alkanes of at least 4 members (excludes halogenated alkanes) is 24. The van der Waals surface area contributed by atoms with Crippen LogP contribution in [-0.2, 0) is 18.4 Å². The van der Waals surface area contributed by atoms with Crippen LogP contribution in [0, 0.1) is 0 Å². The quantitative estimate of drug-likeness (QED) is 0.0231. The summed E-state index contributed by atoms with van der Waals surface area (Å²) in [5.74, 6) is -0.560. The zero-order valence-electron chi connectivity index (χ0n) is 35.1. The second kappa shape index (κ2) is 33.1. The fourth-order valence-electron chi connectivity index (χ4n) is 7.48. The smallest absolute Gasteiger partial charge is 0.393 e. The van der Waals surface area contributed by atoms with E-state index in [4.69, 9.17) is 9.05 Å². The van der Waals surface area contributed by atoms with Crippen molar-refractivity contribution in [3.63, 3.8) is 0 Å². The van der Waals surface area contributed by atoms with Gasteiger partial charge in [0, 0.05) is 0 Å². The number of aliphatic hydroxyl groups is 7. The van der Waals surface area contributed by atoms with Gasteiger partial charge in [-0.2, -0.15) is 0 Å². The van der Waals surface area contributed by atoms with Gasteiger partial charge in [-0.05, 0) is 12.8 Å². The molecule has 56 heavy (non-hydrogen) atoms. The number of amides is 1. The number of aliphatic hydroxyl groups excluding tert-OH is 7. The average Bonchev–Trinajstić information content (AvgIpc) is 3.17. The van der Waals surface area contributed by atoms with Crippen molar-refractivity contribution in [2.75, 3.05) is 6.61 Å². The molecule has 0 spiro atoms. The van der Waals surface area contributed by atoms with Crippen LogP contribution in [0.4, 0.5) is 0 Å². The van der Waals surface area contributed by atoms with Gasteiger partial charge in [-0.3, -0.25) is 13.8 Å². The van der Waals surface area contributed by atoms with Gasteiger partial charge in [0.1, 0.15) is 36.6 Å². The highest BCUT2D eigenvalue weighted by molar-refractivity contribution is 7.47. The fourth-order valence-corrected chi connectivity index (χ4v) is 8.45. The largest absolute Gasteiger partial charge is 0.472 e. The Morgan fingerprint density at radius 1 is 0.554 bits per heavy atom. The number of phosphoric acid groups is 1. The van der Waals surface area contributed by atoms with Crippen LogP contribution in [0.25, 0.3) is 0 Å². The Hall–Kier alpha value is -0.700. The lowest BCUT2D eigenvalue weighted by Crippen LogP contribution is -2.64. The van der Waals surface area contributed by atoms with Gasteiger partial charge >= 0.3 is 7.82 Å². The van der Waals surface area contributed by atoms with Crippen LogP contribution in [-0.4, -0.2) is 108 Å². The number of nitrogens with one attached hydrogen (secondary N) is 1. The van der Waals surface area contributed by atoms with Gasteiger partial charge < -0.3 is 46.0 Å². The molecule has 0 radical (unpaired) electrons. The summed E-state index contributed by atoms with van der Waals surface area (Å²) in [5.41, 5.74) is 0. The molecule has 1 rings (SSSR count). The topological polar surface area (TPSA) is 226 Å². The lowest BCUT2D eigenvalue weighted by molar-refractivity contribution is -0.220. The number of carbonyl (C=O) groups excluding carboxylic acids is 1. The number of phosphoric ester groups is 1. The highest BCUT2D eigenvalue weighted by atomic mass is 31.2. The molecule has 1 amide bonds. The molecule has 13 nitrogen and oxygen atoms in total. The van der Waals surface area contributed by atoms with Crippen LogP contribution in [0.1, 0.15) is 200 Å². The van der Waals surface area contributed by atoms with Gasteiger partial charge in [0.2, 0.25) is 5.91 Å². The van der Waals surface area contributed by atoms with E-state index in [0.29, 0.717) is 12.8 Å². The Morgan fingerprint density at radius 3 is 1.29 bits per heavy atom. The second-order valence-electron chi connectivity index (χ2n) is 16.4. The molecule has 8 unspecified atom stereocenters. The van der Waals surface area contributed by atoms with E-state index < -0.39 is 75.2 Å². The molecule has 0 bridgehead atoms. The maximum atomic E-state index is 12.9. The third-order valence-electron chi connectivity index (χ3n) is 11.2. The minimum absolute atomic E-state index is 0.217. The molecule has 0 aromatic rings. The molecule has 0 saturated heterocycles. The van der Waals surface area contributed by atoms with Crippen molar-refractivity contribution in [2.45, 2.75) is 255 Å². The summed E-state index contributed by atoms with van der Waals surface area (Å²) in [5, 5.41) is 74.4. The molecular weight excluding hydrogens is 741 g/mol. The van der Waals surface area contributed by atoms with E-state index in [1.54, 1.807) is 0 Å². The number of hydrogen-bond acceptors (Lipinski definition) is 11. The minimum Gasteiger partial charge on any atom is -0.393 e. The molecule has 1 aliphatic carbocycles. The van der Waals surface area contributed by atoms with E-state index in [1.807, 2.05) is 0 Å². The average molecular weight is 826 g/mol. The highest BCUT2D eigenvalue weighted by Crippen LogP contribution is 2.47. The van der Waals surface area contributed by atoms with Gasteiger partial charge in [-0.25, -0.2) is 4.57 Å². The first kappa shape index (κ1) is 53.3. The Bertz CT molecular complexity index is 979. The molecule has 1 aliphatic rings. The van der Waals surface area contributed by atoms with Gasteiger partial charge in [-0.15, -0.1) is 0 Å². The lowest BCUT2D eigenvalue weighted by atomic mass is 9.85. The molecule has 0 aromatic carbocycles. The number of carbonyl (C=O) groups is 1. The van der Waals surface area contributed by atoms with Crippen LogP contribution >= 0.6 is 7.82 Å². The van der Waals surface area contributed by atoms with Crippen molar-refractivity contribution in [1.29, 1.82) is 0 Å². The van der Waals surface area contributed by atoms with Gasteiger partial charge in [0.15, 0.2) is 0 Å². The van der Waals surface area contributed by atoms with Crippen molar-refractivity contribution in [1.82, 2.24) is 5.32 Å². The molecule has 334 valence electrons. The van der Waals surface area contributed by atoms with E-state index in [1.165, 1.54) is 109 Å². The molecule has 1 saturated carbocycles. The van der Waals surface area contributed by atoms with Crippen LogP contribution in [0.15, 0.2) is 0 Å². The zero-order valence-corrected chi connectivity index (χ0v) is 36.0. The lowest BCUT2D eigenvalue weighted by Gasteiger charge is -2.41. The van der Waals surface area contributed by atoms with Crippen LogP contribution in [0.5, 0.6) is 0 Å². The first-order chi connectivity index (χ1) is 26.8. The third kappa shape index (κ3) is 25.0. The molecular formula is C42H84NO12P. The number of rotatable bonds is 37. The Balaban J connectivity index is 2.52. The zero-order chi connectivity index (χ0) is 41.6. The molecule has 9 N–H and O–H groups in total. The molecule has 8 atom stereocenters. The Morgan fingerprint density at radius 2 is 0.893 bits per heavy atom. The van der Waals surface area contributed by atoms with E-state index in [-0.39, 0.29) is 12.8 Å². The van der Waals surface area contributed by atoms with Gasteiger partial charge in [-0.1, -0.05) is 181 Å².